The Morgan fingerprint density at radius 2 is 1.87 bits per heavy atom. The summed E-state index contributed by atoms with van der Waals surface area (Å²) in [5.74, 6) is 0. The molecule has 0 amide bonds. The van der Waals surface area contributed by atoms with E-state index in [1.165, 1.54) is 12.8 Å². The van der Waals surface area contributed by atoms with Crippen molar-refractivity contribution in [2.75, 3.05) is 44.7 Å². The predicted octanol–water partition coefficient (Wildman–Crippen LogP) is 4.14. The molecular weight excluding hydrogens is 388 g/mol. The molecular formula is C25H32N4O2. The van der Waals surface area contributed by atoms with Crippen LogP contribution >= 0.6 is 0 Å². The van der Waals surface area contributed by atoms with Crippen LogP contribution in [0.5, 0.6) is 0 Å². The molecule has 1 aliphatic heterocycles. The number of rotatable bonds is 8. The van der Waals surface area contributed by atoms with Gasteiger partial charge in [0.1, 0.15) is 0 Å². The lowest BCUT2D eigenvalue weighted by atomic mass is 9.87. The molecule has 4 rings (SSSR count). The first-order valence-electron chi connectivity index (χ1n) is 11.1. The van der Waals surface area contributed by atoms with Crippen molar-refractivity contribution in [3.63, 3.8) is 0 Å². The van der Waals surface area contributed by atoms with E-state index in [2.05, 4.69) is 46.4 Å². The first-order chi connectivity index (χ1) is 15.0. The molecule has 0 atom stereocenters. The highest BCUT2D eigenvalue weighted by Gasteiger charge is 2.19. The van der Waals surface area contributed by atoms with E-state index in [4.69, 9.17) is 4.74 Å². The van der Waals surface area contributed by atoms with Crippen LogP contribution in [0.2, 0.25) is 0 Å². The Morgan fingerprint density at radius 3 is 2.68 bits per heavy atom. The summed E-state index contributed by atoms with van der Waals surface area (Å²) in [6, 6.07) is 15.9. The van der Waals surface area contributed by atoms with Gasteiger partial charge in [0.05, 0.1) is 24.3 Å². The standard InChI is InChI=1S/C25H32N4O2/c1-25(2,11-6-12-29-13-15-31-16-14-29)18-26-20-8-5-7-19(17-20)23-21-9-3-4-10-22(21)24(30)28-27-23/h3-5,7-10,17,26H,6,11-16,18H2,1-2H3,(H,28,30). The number of morpholine rings is 1. The lowest BCUT2D eigenvalue weighted by Gasteiger charge is -2.29. The Morgan fingerprint density at radius 1 is 1.10 bits per heavy atom. The maximum absolute atomic E-state index is 12.1. The maximum Gasteiger partial charge on any atom is 0.272 e. The molecule has 1 saturated heterocycles. The molecule has 3 aromatic rings. The number of anilines is 1. The zero-order valence-corrected chi connectivity index (χ0v) is 18.5. The molecule has 6 heteroatoms. The first kappa shape index (κ1) is 21.5. The highest BCUT2D eigenvalue weighted by molar-refractivity contribution is 5.94. The molecule has 0 unspecified atom stereocenters. The number of aromatic amines is 1. The minimum Gasteiger partial charge on any atom is -0.384 e. The van der Waals surface area contributed by atoms with Crippen LogP contribution in [-0.2, 0) is 4.74 Å². The molecule has 2 aromatic carbocycles. The summed E-state index contributed by atoms with van der Waals surface area (Å²) in [6.45, 7) is 10.5. The van der Waals surface area contributed by atoms with Gasteiger partial charge < -0.3 is 10.1 Å². The number of benzene rings is 2. The summed E-state index contributed by atoms with van der Waals surface area (Å²) in [5.41, 5.74) is 2.89. The third kappa shape index (κ3) is 5.51. The number of fused-ring (bicyclic) bond motifs is 1. The van der Waals surface area contributed by atoms with E-state index < -0.39 is 0 Å². The predicted molar refractivity (Wildman–Crippen MR) is 127 cm³/mol. The third-order valence-corrected chi connectivity index (χ3v) is 6.03. The molecule has 6 nitrogen and oxygen atoms in total. The fourth-order valence-corrected chi connectivity index (χ4v) is 4.15. The van der Waals surface area contributed by atoms with E-state index in [9.17, 15) is 4.79 Å². The quantitative estimate of drug-likeness (QED) is 0.573. The number of hydrogen-bond acceptors (Lipinski definition) is 5. The van der Waals surface area contributed by atoms with E-state index in [1.54, 1.807) is 0 Å². The van der Waals surface area contributed by atoms with Gasteiger partial charge in [-0.1, -0.05) is 44.2 Å². The van der Waals surface area contributed by atoms with E-state index in [0.29, 0.717) is 5.39 Å². The fourth-order valence-electron chi connectivity index (χ4n) is 4.15. The summed E-state index contributed by atoms with van der Waals surface area (Å²) in [6.07, 6.45) is 2.37. The van der Waals surface area contributed by atoms with Crippen LogP contribution in [-0.4, -0.2) is 54.5 Å². The summed E-state index contributed by atoms with van der Waals surface area (Å²) in [7, 11) is 0. The van der Waals surface area contributed by atoms with Crippen molar-refractivity contribution in [3.05, 3.63) is 58.9 Å². The molecule has 0 aliphatic carbocycles. The molecule has 31 heavy (non-hydrogen) atoms. The molecule has 2 N–H and O–H groups in total. The van der Waals surface area contributed by atoms with Gasteiger partial charge in [-0.25, -0.2) is 5.10 Å². The highest BCUT2D eigenvalue weighted by Crippen LogP contribution is 2.28. The largest absolute Gasteiger partial charge is 0.384 e. The minimum absolute atomic E-state index is 0.160. The number of aromatic nitrogens is 2. The van der Waals surface area contributed by atoms with E-state index in [0.717, 1.165) is 61.7 Å². The second-order valence-electron chi connectivity index (χ2n) is 9.10. The summed E-state index contributed by atoms with van der Waals surface area (Å²) >= 11 is 0. The topological polar surface area (TPSA) is 70.2 Å². The Hall–Kier alpha value is -2.70. The molecule has 0 saturated carbocycles. The first-order valence-corrected chi connectivity index (χ1v) is 11.1. The highest BCUT2D eigenvalue weighted by atomic mass is 16.5. The van der Waals surface area contributed by atoms with Crippen LogP contribution in [0, 0.1) is 5.41 Å². The van der Waals surface area contributed by atoms with Crippen molar-refractivity contribution in [2.45, 2.75) is 26.7 Å². The van der Waals surface area contributed by atoms with Gasteiger partial charge in [0, 0.05) is 36.3 Å². The SMILES string of the molecule is CC(C)(CCCN1CCOCC1)CNc1cccc(-c2n[nH]c(=O)c3ccccc23)c1. The maximum atomic E-state index is 12.1. The Kier molecular flexibility index (Phi) is 6.68. The van der Waals surface area contributed by atoms with Gasteiger partial charge in [-0.15, -0.1) is 0 Å². The molecule has 0 bridgehead atoms. The van der Waals surface area contributed by atoms with Crippen LogP contribution in [0.1, 0.15) is 26.7 Å². The molecule has 164 valence electrons. The number of nitrogens with zero attached hydrogens (tertiary/aromatic N) is 2. The van der Waals surface area contributed by atoms with Crippen molar-refractivity contribution in [2.24, 2.45) is 5.41 Å². The normalized spacial score (nSPS) is 15.3. The average Bonchev–Trinajstić information content (AvgIpc) is 2.79. The van der Waals surface area contributed by atoms with Gasteiger partial charge in [0.15, 0.2) is 0 Å². The molecule has 0 radical (unpaired) electrons. The number of H-pyrrole nitrogens is 1. The second kappa shape index (κ2) is 9.62. The lowest BCUT2D eigenvalue weighted by molar-refractivity contribution is 0.0361. The Labute approximate surface area is 183 Å². The smallest absolute Gasteiger partial charge is 0.272 e. The zero-order valence-electron chi connectivity index (χ0n) is 18.5. The van der Waals surface area contributed by atoms with Gasteiger partial charge in [-0.2, -0.15) is 5.10 Å². The lowest BCUT2D eigenvalue weighted by Crippen LogP contribution is -2.37. The Bertz CT molecular complexity index is 1070. The third-order valence-electron chi connectivity index (χ3n) is 6.03. The molecule has 1 fully saturated rings. The van der Waals surface area contributed by atoms with E-state index in [-0.39, 0.29) is 11.0 Å². The molecule has 1 aliphatic rings. The molecule has 1 aromatic heterocycles. The van der Waals surface area contributed by atoms with E-state index >= 15 is 0 Å². The monoisotopic (exact) mass is 420 g/mol. The van der Waals surface area contributed by atoms with Crippen LogP contribution < -0.4 is 10.9 Å². The minimum atomic E-state index is -0.160. The molecule has 2 heterocycles. The number of nitrogens with one attached hydrogen (secondary N) is 2. The van der Waals surface area contributed by atoms with Crippen LogP contribution in [0.25, 0.3) is 22.0 Å². The fraction of sp³-hybridized carbons (Fsp3) is 0.440. The summed E-state index contributed by atoms with van der Waals surface area (Å²) in [5, 5.41) is 12.1. The van der Waals surface area contributed by atoms with Crippen molar-refractivity contribution in [3.8, 4) is 11.3 Å². The van der Waals surface area contributed by atoms with Gasteiger partial charge in [0.2, 0.25) is 0 Å². The van der Waals surface area contributed by atoms with Gasteiger partial charge in [-0.3, -0.25) is 9.69 Å². The van der Waals surface area contributed by atoms with Crippen LogP contribution in [0.15, 0.2) is 53.3 Å². The van der Waals surface area contributed by atoms with Crippen molar-refractivity contribution < 1.29 is 4.74 Å². The second-order valence-corrected chi connectivity index (χ2v) is 9.10. The summed E-state index contributed by atoms with van der Waals surface area (Å²) < 4.78 is 5.43. The van der Waals surface area contributed by atoms with Crippen LogP contribution in [0.3, 0.4) is 0 Å². The van der Waals surface area contributed by atoms with Crippen molar-refractivity contribution in [1.82, 2.24) is 15.1 Å². The Balaban J connectivity index is 1.40. The van der Waals surface area contributed by atoms with Crippen molar-refractivity contribution >= 4 is 16.5 Å². The summed E-state index contributed by atoms with van der Waals surface area (Å²) in [4.78, 5) is 14.6. The van der Waals surface area contributed by atoms with Gasteiger partial charge in [0.25, 0.3) is 5.56 Å². The van der Waals surface area contributed by atoms with E-state index in [1.807, 2.05) is 36.4 Å². The zero-order chi connectivity index (χ0) is 21.7. The van der Waals surface area contributed by atoms with Crippen molar-refractivity contribution in [1.29, 1.82) is 0 Å². The average molecular weight is 421 g/mol. The van der Waals surface area contributed by atoms with Gasteiger partial charge in [-0.05, 0) is 43.0 Å². The number of ether oxygens (including phenoxy) is 1. The van der Waals surface area contributed by atoms with Gasteiger partial charge >= 0.3 is 0 Å². The number of hydrogen-bond donors (Lipinski definition) is 2. The molecule has 0 spiro atoms. The van der Waals surface area contributed by atoms with Crippen LogP contribution in [0.4, 0.5) is 5.69 Å².